The Morgan fingerprint density at radius 1 is 1.53 bits per heavy atom. The van der Waals surface area contributed by atoms with Gasteiger partial charge in [-0.2, -0.15) is 8.42 Å². The van der Waals surface area contributed by atoms with E-state index in [0.717, 1.165) is 6.26 Å². The van der Waals surface area contributed by atoms with Crippen LogP contribution in [0.3, 0.4) is 0 Å². The van der Waals surface area contributed by atoms with E-state index in [-0.39, 0.29) is 19.1 Å². The first-order chi connectivity index (χ1) is 7.88. The van der Waals surface area contributed by atoms with Gasteiger partial charge in [0, 0.05) is 6.20 Å². The lowest BCUT2D eigenvalue weighted by atomic mass is 10.4. The van der Waals surface area contributed by atoms with E-state index in [0.29, 0.717) is 5.02 Å². The zero-order valence-corrected chi connectivity index (χ0v) is 10.6. The molecule has 0 spiro atoms. The number of hydrogen-bond donors (Lipinski definition) is 1. The molecule has 1 unspecified atom stereocenters. The maximum atomic E-state index is 10.7. The maximum absolute atomic E-state index is 10.7. The smallest absolute Gasteiger partial charge is 0.264 e. The largest absolute Gasteiger partial charge is 0.474 e. The molecule has 0 aliphatic heterocycles. The van der Waals surface area contributed by atoms with Crippen molar-refractivity contribution in [3.63, 3.8) is 0 Å². The summed E-state index contributed by atoms with van der Waals surface area (Å²) in [6.45, 7) is -0.532. The molecule has 0 saturated heterocycles. The van der Waals surface area contributed by atoms with Crippen LogP contribution in [0.15, 0.2) is 18.3 Å². The highest BCUT2D eigenvalue weighted by Gasteiger charge is 2.11. The SMILES string of the molecule is CS(=O)(=O)OCC(O)COc1ncccc1Cl. The Kier molecular flexibility index (Phi) is 5.13. The fourth-order valence-electron chi connectivity index (χ4n) is 0.903. The van der Waals surface area contributed by atoms with Gasteiger partial charge in [0.25, 0.3) is 10.1 Å². The van der Waals surface area contributed by atoms with Crippen LogP contribution in [0.2, 0.25) is 5.02 Å². The fraction of sp³-hybridized carbons (Fsp3) is 0.444. The van der Waals surface area contributed by atoms with Crippen LogP contribution in [0, 0.1) is 0 Å². The van der Waals surface area contributed by atoms with E-state index in [1.54, 1.807) is 12.1 Å². The molecule has 1 atom stereocenters. The van der Waals surface area contributed by atoms with Gasteiger partial charge in [-0.25, -0.2) is 4.98 Å². The van der Waals surface area contributed by atoms with Crippen LogP contribution in [0.4, 0.5) is 0 Å². The lowest BCUT2D eigenvalue weighted by Gasteiger charge is -2.11. The molecule has 0 amide bonds. The van der Waals surface area contributed by atoms with Crippen LogP contribution in [0.1, 0.15) is 0 Å². The Morgan fingerprint density at radius 3 is 2.82 bits per heavy atom. The summed E-state index contributed by atoms with van der Waals surface area (Å²) in [6, 6.07) is 3.22. The number of pyridine rings is 1. The van der Waals surface area contributed by atoms with Crippen molar-refractivity contribution in [1.82, 2.24) is 4.98 Å². The van der Waals surface area contributed by atoms with Gasteiger partial charge in [0.2, 0.25) is 5.88 Å². The summed E-state index contributed by atoms with van der Waals surface area (Å²) >= 11 is 5.76. The molecule has 1 rings (SSSR count). The molecule has 8 heteroatoms. The van der Waals surface area contributed by atoms with Crippen molar-refractivity contribution in [3.8, 4) is 5.88 Å². The van der Waals surface area contributed by atoms with Crippen LogP contribution in [-0.2, 0) is 14.3 Å². The van der Waals surface area contributed by atoms with Crippen molar-refractivity contribution >= 4 is 21.7 Å². The summed E-state index contributed by atoms with van der Waals surface area (Å²) in [5.74, 6) is 0.174. The lowest BCUT2D eigenvalue weighted by molar-refractivity contribution is 0.0636. The van der Waals surface area contributed by atoms with Gasteiger partial charge in [-0.15, -0.1) is 0 Å². The molecule has 1 aromatic heterocycles. The highest BCUT2D eigenvalue weighted by molar-refractivity contribution is 7.85. The number of ether oxygens (including phenoxy) is 1. The molecule has 0 aliphatic carbocycles. The van der Waals surface area contributed by atoms with E-state index in [2.05, 4.69) is 9.17 Å². The van der Waals surface area contributed by atoms with Crippen LogP contribution in [-0.4, -0.2) is 44.1 Å². The third-order valence-corrected chi connectivity index (χ3v) is 2.46. The van der Waals surface area contributed by atoms with E-state index in [4.69, 9.17) is 16.3 Å². The molecule has 6 nitrogen and oxygen atoms in total. The molecule has 0 bridgehead atoms. The van der Waals surface area contributed by atoms with Crippen LogP contribution < -0.4 is 4.74 Å². The topological polar surface area (TPSA) is 85.7 Å². The molecule has 0 aliphatic rings. The van der Waals surface area contributed by atoms with Crippen molar-refractivity contribution in [3.05, 3.63) is 23.4 Å². The third-order valence-electron chi connectivity index (χ3n) is 1.61. The summed E-state index contributed by atoms with van der Waals surface area (Å²) in [5.41, 5.74) is 0. The minimum Gasteiger partial charge on any atom is -0.474 e. The van der Waals surface area contributed by atoms with Crippen molar-refractivity contribution < 1.29 is 22.4 Å². The second-order valence-corrected chi connectivity index (χ2v) is 5.29. The van der Waals surface area contributed by atoms with E-state index in [1.807, 2.05) is 0 Å². The molecule has 1 N–H and O–H groups in total. The lowest BCUT2D eigenvalue weighted by Crippen LogP contribution is -2.25. The van der Waals surface area contributed by atoms with Crippen molar-refractivity contribution in [1.29, 1.82) is 0 Å². The number of halogens is 1. The summed E-state index contributed by atoms with van der Waals surface area (Å²) in [5, 5.41) is 9.69. The van der Waals surface area contributed by atoms with E-state index in [9.17, 15) is 13.5 Å². The molecule has 96 valence electrons. The summed E-state index contributed by atoms with van der Waals surface area (Å²) < 4.78 is 30.8. The zero-order valence-electron chi connectivity index (χ0n) is 9.04. The second kappa shape index (κ2) is 6.15. The molecule has 0 aromatic carbocycles. The van der Waals surface area contributed by atoms with Gasteiger partial charge >= 0.3 is 0 Å². The minimum atomic E-state index is -3.57. The first-order valence-corrected chi connectivity index (χ1v) is 6.84. The quantitative estimate of drug-likeness (QED) is 0.762. The van der Waals surface area contributed by atoms with Gasteiger partial charge in [0.05, 0.1) is 12.9 Å². The Balaban J connectivity index is 2.39. The van der Waals surface area contributed by atoms with Crippen molar-refractivity contribution in [2.45, 2.75) is 6.10 Å². The molecule has 1 aromatic rings. The number of hydrogen-bond acceptors (Lipinski definition) is 6. The number of nitrogens with zero attached hydrogens (tertiary/aromatic N) is 1. The van der Waals surface area contributed by atoms with Gasteiger partial charge in [-0.3, -0.25) is 4.18 Å². The normalized spacial score (nSPS) is 13.4. The number of rotatable bonds is 6. The Hall–Kier alpha value is -0.890. The Labute approximate surface area is 104 Å². The zero-order chi connectivity index (χ0) is 12.9. The Morgan fingerprint density at radius 2 is 2.24 bits per heavy atom. The molecular formula is C9H12ClNO5S. The van der Waals surface area contributed by atoms with Crippen molar-refractivity contribution in [2.24, 2.45) is 0 Å². The van der Waals surface area contributed by atoms with Gasteiger partial charge in [0.15, 0.2) is 0 Å². The molecule has 17 heavy (non-hydrogen) atoms. The van der Waals surface area contributed by atoms with E-state index >= 15 is 0 Å². The molecule has 0 fully saturated rings. The fourth-order valence-corrected chi connectivity index (χ4v) is 1.48. The highest BCUT2D eigenvalue weighted by Crippen LogP contribution is 2.19. The van der Waals surface area contributed by atoms with Crippen LogP contribution in [0.5, 0.6) is 5.88 Å². The predicted octanol–water partition coefficient (Wildman–Crippen LogP) is 0.451. The van der Waals surface area contributed by atoms with Gasteiger partial charge < -0.3 is 9.84 Å². The number of aliphatic hydroxyl groups is 1. The van der Waals surface area contributed by atoms with Gasteiger partial charge in [-0.1, -0.05) is 11.6 Å². The minimum absolute atomic E-state index is 0.160. The predicted molar refractivity (Wildman–Crippen MR) is 61.5 cm³/mol. The highest BCUT2D eigenvalue weighted by atomic mass is 35.5. The number of aliphatic hydroxyl groups excluding tert-OH is 1. The first kappa shape index (κ1) is 14.2. The monoisotopic (exact) mass is 281 g/mol. The van der Waals surface area contributed by atoms with E-state index < -0.39 is 16.2 Å². The van der Waals surface area contributed by atoms with E-state index in [1.165, 1.54) is 6.20 Å². The molecule has 0 saturated carbocycles. The Bertz CT molecular complexity index is 464. The van der Waals surface area contributed by atoms with Gasteiger partial charge in [-0.05, 0) is 12.1 Å². The summed E-state index contributed by atoms with van der Waals surface area (Å²) in [7, 11) is -3.57. The molecule has 1 heterocycles. The van der Waals surface area contributed by atoms with Gasteiger partial charge in [0.1, 0.15) is 17.7 Å². The average Bonchev–Trinajstić information content (AvgIpc) is 2.24. The van der Waals surface area contributed by atoms with Crippen LogP contribution in [0.25, 0.3) is 0 Å². The summed E-state index contributed by atoms with van der Waals surface area (Å²) in [4.78, 5) is 3.83. The summed E-state index contributed by atoms with van der Waals surface area (Å²) in [6.07, 6.45) is 1.30. The molecule has 0 radical (unpaired) electrons. The van der Waals surface area contributed by atoms with Crippen LogP contribution >= 0.6 is 11.6 Å². The standard InChI is InChI=1S/C9H12ClNO5S/c1-17(13,14)16-6-7(12)5-15-9-8(10)3-2-4-11-9/h2-4,7,12H,5-6H2,1H3. The first-order valence-electron chi connectivity index (χ1n) is 4.64. The van der Waals surface area contributed by atoms with Crippen molar-refractivity contribution in [2.75, 3.05) is 19.5 Å². The maximum Gasteiger partial charge on any atom is 0.264 e. The second-order valence-electron chi connectivity index (χ2n) is 3.24. The third kappa shape index (κ3) is 5.83. The number of aromatic nitrogens is 1. The molecular weight excluding hydrogens is 270 g/mol. The average molecular weight is 282 g/mol.